The summed E-state index contributed by atoms with van der Waals surface area (Å²) in [6, 6.07) is 12.5. The van der Waals surface area contributed by atoms with Gasteiger partial charge < -0.3 is 0 Å². The van der Waals surface area contributed by atoms with Crippen molar-refractivity contribution in [1.29, 1.82) is 5.26 Å². The van der Waals surface area contributed by atoms with Crippen LogP contribution >= 0.6 is 23.4 Å². The molecule has 118 valence electrons. The van der Waals surface area contributed by atoms with E-state index in [0.717, 1.165) is 28.9 Å². The van der Waals surface area contributed by atoms with E-state index in [2.05, 4.69) is 36.2 Å². The van der Waals surface area contributed by atoms with E-state index in [1.54, 1.807) is 0 Å². The standard InChI is InChI=1S/C19H19ClN2S/c1-13-2-4-14(5-3-13)15-6-8-16(9-7-15)17-10-11-18(23-12-21)19(20)22-17/h6-11,13-14H,2-5H2,1H3. The minimum absolute atomic E-state index is 0.388. The smallest absolute Gasteiger partial charge is 0.144 e. The van der Waals surface area contributed by atoms with E-state index in [-0.39, 0.29) is 0 Å². The van der Waals surface area contributed by atoms with Gasteiger partial charge in [0.15, 0.2) is 0 Å². The highest BCUT2D eigenvalue weighted by molar-refractivity contribution is 8.03. The quantitative estimate of drug-likeness (QED) is 0.374. The lowest BCUT2D eigenvalue weighted by Crippen LogP contribution is -2.10. The molecule has 3 rings (SSSR count). The van der Waals surface area contributed by atoms with Crippen LogP contribution in [0.4, 0.5) is 0 Å². The third-order valence-corrected chi connectivity index (χ3v) is 5.70. The summed E-state index contributed by atoms with van der Waals surface area (Å²) in [5, 5.41) is 11.1. The van der Waals surface area contributed by atoms with Crippen molar-refractivity contribution < 1.29 is 0 Å². The number of thiocyanates is 1. The molecule has 23 heavy (non-hydrogen) atoms. The van der Waals surface area contributed by atoms with Crippen LogP contribution in [0.25, 0.3) is 11.3 Å². The molecule has 2 nitrogen and oxygen atoms in total. The van der Waals surface area contributed by atoms with Crippen molar-refractivity contribution in [3.63, 3.8) is 0 Å². The Kier molecular flexibility index (Phi) is 5.25. The summed E-state index contributed by atoms with van der Waals surface area (Å²) in [5.74, 6) is 1.58. The lowest BCUT2D eigenvalue weighted by atomic mass is 9.79. The molecule has 0 unspecified atom stereocenters. The molecule has 0 amide bonds. The average Bonchev–Trinajstić information content (AvgIpc) is 2.58. The highest BCUT2D eigenvalue weighted by Crippen LogP contribution is 2.36. The van der Waals surface area contributed by atoms with Gasteiger partial charge in [-0.05, 0) is 54.1 Å². The summed E-state index contributed by atoms with van der Waals surface area (Å²) in [5.41, 5.74) is 3.35. The number of halogens is 1. The predicted molar refractivity (Wildman–Crippen MR) is 96.5 cm³/mol. The molecule has 2 aromatic rings. The average molecular weight is 343 g/mol. The van der Waals surface area contributed by atoms with Gasteiger partial charge in [0.05, 0.1) is 10.6 Å². The van der Waals surface area contributed by atoms with Crippen molar-refractivity contribution in [1.82, 2.24) is 4.98 Å². The van der Waals surface area contributed by atoms with Gasteiger partial charge in [-0.25, -0.2) is 4.98 Å². The van der Waals surface area contributed by atoms with Gasteiger partial charge in [-0.3, -0.25) is 0 Å². The minimum atomic E-state index is 0.388. The molecular formula is C19H19ClN2S. The number of hydrogen-bond donors (Lipinski definition) is 0. The van der Waals surface area contributed by atoms with E-state index < -0.39 is 0 Å². The van der Waals surface area contributed by atoms with Crippen LogP contribution in [0.5, 0.6) is 0 Å². The van der Waals surface area contributed by atoms with Crippen molar-refractivity contribution >= 4 is 23.4 Å². The number of benzene rings is 1. The molecule has 0 N–H and O–H groups in total. The molecule has 0 spiro atoms. The van der Waals surface area contributed by atoms with Gasteiger partial charge in [0.2, 0.25) is 0 Å². The van der Waals surface area contributed by atoms with Crippen LogP contribution in [-0.2, 0) is 0 Å². The lowest BCUT2D eigenvalue weighted by Gasteiger charge is -2.26. The van der Waals surface area contributed by atoms with Crippen molar-refractivity contribution in [3.8, 4) is 16.7 Å². The second-order valence-corrected chi connectivity index (χ2v) is 7.44. The van der Waals surface area contributed by atoms with Gasteiger partial charge in [-0.2, -0.15) is 5.26 Å². The number of pyridine rings is 1. The van der Waals surface area contributed by atoms with Crippen LogP contribution in [0.15, 0.2) is 41.3 Å². The Hall–Kier alpha value is -1.50. The predicted octanol–water partition coefficient (Wildman–Crippen LogP) is 6.27. The van der Waals surface area contributed by atoms with Gasteiger partial charge in [-0.1, -0.05) is 55.6 Å². The number of hydrogen-bond acceptors (Lipinski definition) is 3. The first-order valence-corrected chi connectivity index (χ1v) is 9.19. The monoisotopic (exact) mass is 342 g/mol. The zero-order valence-corrected chi connectivity index (χ0v) is 14.7. The summed E-state index contributed by atoms with van der Waals surface area (Å²) in [6.45, 7) is 2.35. The van der Waals surface area contributed by atoms with Crippen LogP contribution in [0, 0.1) is 16.6 Å². The Morgan fingerprint density at radius 1 is 1.09 bits per heavy atom. The van der Waals surface area contributed by atoms with Gasteiger partial charge in [0.1, 0.15) is 10.6 Å². The van der Waals surface area contributed by atoms with Crippen molar-refractivity contribution in [2.45, 2.75) is 43.4 Å². The topological polar surface area (TPSA) is 36.7 Å². The Labute approximate surface area is 146 Å². The molecule has 0 bridgehead atoms. The van der Waals surface area contributed by atoms with E-state index in [1.165, 1.54) is 31.2 Å². The number of aromatic nitrogens is 1. The van der Waals surface area contributed by atoms with Crippen molar-refractivity contribution in [2.75, 3.05) is 0 Å². The molecule has 0 aliphatic heterocycles. The number of thioether (sulfide) groups is 1. The van der Waals surface area contributed by atoms with Crippen molar-refractivity contribution in [2.24, 2.45) is 5.92 Å². The van der Waals surface area contributed by atoms with Crippen molar-refractivity contribution in [3.05, 3.63) is 47.1 Å². The number of nitriles is 1. The summed E-state index contributed by atoms with van der Waals surface area (Å²) in [4.78, 5) is 5.11. The molecule has 4 heteroatoms. The summed E-state index contributed by atoms with van der Waals surface area (Å²) < 4.78 is 0. The zero-order chi connectivity index (χ0) is 16.2. The van der Waals surface area contributed by atoms with Crippen LogP contribution < -0.4 is 0 Å². The van der Waals surface area contributed by atoms with Gasteiger partial charge in [0, 0.05) is 5.56 Å². The van der Waals surface area contributed by atoms with Crippen LogP contribution in [0.1, 0.15) is 44.1 Å². The molecule has 1 aliphatic carbocycles. The SMILES string of the molecule is CC1CCC(c2ccc(-c3ccc(SC#N)c(Cl)n3)cc2)CC1. The normalized spacial score (nSPS) is 20.9. The van der Waals surface area contributed by atoms with E-state index in [4.69, 9.17) is 16.9 Å². The fourth-order valence-corrected chi connectivity index (χ4v) is 3.86. The lowest BCUT2D eigenvalue weighted by molar-refractivity contribution is 0.348. The molecule has 1 aliphatic rings. The maximum absolute atomic E-state index is 8.73. The van der Waals surface area contributed by atoms with Gasteiger partial charge >= 0.3 is 0 Å². The maximum Gasteiger partial charge on any atom is 0.144 e. The van der Waals surface area contributed by atoms with Gasteiger partial charge in [-0.15, -0.1) is 0 Å². The third-order valence-electron chi connectivity index (χ3n) is 4.66. The van der Waals surface area contributed by atoms with Crippen LogP contribution in [0.3, 0.4) is 0 Å². The fourth-order valence-electron chi connectivity index (χ4n) is 3.23. The zero-order valence-electron chi connectivity index (χ0n) is 13.1. The molecule has 0 saturated heterocycles. The number of nitrogens with zero attached hydrogens (tertiary/aromatic N) is 2. The molecule has 1 saturated carbocycles. The first-order valence-electron chi connectivity index (χ1n) is 8.00. The fraction of sp³-hybridized carbons (Fsp3) is 0.368. The second kappa shape index (κ2) is 7.38. The summed E-state index contributed by atoms with van der Waals surface area (Å²) in [7, 11) is 0. The molecule has 0 radical (unpaired) electrons. The highest BCUT2D eigenvalue weighted by atomic mass is 35.5. The molecule has 1 aromatic heterocycles. The van der Waals surface area contributed by atoms with Gasteiger partial charge in [0.25, 0.3) is 0 Å². The molecular weight excluding hydrogens is 324 g/mol. The molecule has 1 fully saturated rings. The van der Waals surface area contributed by atoms with E-state index >= 15 is 0 Å². The third kappa shape index (κ3) is 3.88. The summed E-state index contributed by atoms with van der Waals surface area (Å²) >= 11 is 7.18. The molecule has 0 atom stereocenters. The molecule has 1 heterocycles. The minimum Gasteiger partial charge on any atom is -0.235 e. The molecule has 1 aromatic carbocycles. The largest absolute Gasteiger partial charge is 0.235 e. The van der Waals surface area contributed by atoms with E-state index in [0.29, 0.717) is 16.0 Å². The first kappa shape index (κ1) is 16.4. The van der Waals surface area contributed by atoms with Crippen LogP contribution in [-0.4, -0.2) is 4.98 Å². The van der Waals surface area contributed by atoms with E-state index in [1.807, 2.05) is 17.5 Å². The maximum atomic E-state index is 8.73. The number of rotatable bonds is 3. The Morgan fingerprint density at radius 2 is 1.78 bits per heavy atom. The van der Waals surface area contributed by atoms with Crippen LogP contribution in [0.2, 0.25) is 5.15 Å². The van der Waals surface area contributed by atoms with E-state index in [9.17, 15) is 0 Å². The second-order valence-electron chi connectivity index (χ2n) is 6.26. The summed E-state index contributed by atoms with van der Waals surface area (Å²) in [6.07, 6.45) is 5.26. The first-order chi connectivity index (χ1) is 11.2. The Balaban J connectivity index is 1.77. The Bertz CT molecular complexity index is 713. The highest BCUT2D eigenvalue weighted by Gasteiger charge is 2.19. The Morgan fingerprint density at radius 3 is 2.39 bits per heavy atom.